The Hall–Kier alpha value is -5.46. The van der Waals surface area contributed by atoms with Crippen LogP contribution in [-0.2, 0) is 34.7 Å². The number of allylic oxidation sites excluding steroid dienone is 1. The summed E-state index contributed by atoms with van der Waals surface area (Å²) in [5, 5.41) is 0.819. The molecule has 0 atom stereocenters. The quantitative estimate of drug-likeness (QED) is 0.127. The molecule has 0 spiro atoms. The first kappa shape index (κ1) is 40.7. The average Bonchev–Trinajstić information content (AvgIpc) is 3.59. The zero-order valence-electron chi connectivity index (χ0n) is 30.0. The zero-order chi connectivity index (χ0) is 40.8. The number of aromatic nitrogens is 4. The molecule has 4 aromatic carbocycles. The van der Waals surface area contributed by atoms with Crippen molar-refractivity contribution in [3.8, 4) is 0 Å². The summed E-state index contributed by atoms with van der Waals surface area (Å²) in [6.07, 6.45) is 4.17. The number of hydrogen-bond acceptors (Lipinski definition) is 9. The summed E-state index contributed by atoms with van der Waals surface area (Å²) < 4.78 is 130. The van der Waals surface area contributed by atoms with E-state index in [2.05, 4.69) is 9.97 Å². The van der Waals surface area contributed by atoms with E-state index < -0.39 is 53.2 Å². The second-order valence-corrected chi connectivity index (χ2v) is 18.1. The Morgan fingerprint density at radius 1 is 0.618 bits per heavy atom. The maximum absolute atomic E-state index is 14.4. The summed E-state index contributed by atoms with van der Waals surface area (Å²) in [6, 6.07) is 16.1. The Bertz CT molecular complexity index is 2950. The number of imidazole rings is 2. The van der Waals surface area contributed by atoms with Crippen molar-refractivity contribution in [3.05, 3.63) is 141 Å². The monoisotopic (exact) mass is 816 g/mol. The minimum atomic E-state index is -3.73. The first-order valence-electron chi connectivity index (χ1n) is 15.9. The summed E-state index contributed by atoms with van der Waals surface area (Å²) >= 11 is 0. The minimum Gasteiger partial charge on any atom is -0.295 e. The van der Waals surface area contributed by atoms with Crippen LogP contribution in [0.3, 0.4) is 0 Å². The van der Waals surface area contributed by atoms with Gasteiger partial charge in [0.15, 0.2) is 38.9 Å². The van der Waals surface area contributed by atoms with Crippen molar-refractivity contribution in [1.82, 2.24) is 17.9 Å². The van der Waals surface area contributed by atoms with Crippen LogP contribution >= 0.6 is 0 Å². The number of carbonyl (C=O) groups is 1. The summed E-state index contributed by atoms with van der Waals surface area (Å²) in [5.41, 5.74) is 1.57. The lowest BCUT2D eigenvalue weighted by Crippen LogP contribution is -2.11. The first-order valence-corrected chi connectivity index (χ1v) is 21.6. The summed E-state index contributed by atoms with van der Waals surface area (Å²) in [5.74, 6) is -4.32. The van der Waals surface area contributed by atoms with Crippen molar-refractivity contribution in [3.63, 3.8) is 0 Å². The third-order valence-corrected chi connectivity index (χ3v) is 10.9. The molecule has 2 aromatic heterocycles. The van der Waals surface area contributed by atoms with Crippen LogP contribution in [-0.4, -0.2) is 67.7 Å². The fourth-order valence-electron chi connectivity index (χ4n) is 5.97. The van der Waals surface area contributed by atoms with Gasteiger partial charge in [0.05, 0.1) is 34.6 Å². The SMILES string of the molecule is CC(=O)/C=C(/c1ccc2nc(C)n(S(C)(=O)=O)c2c1)c1cccc(F)c1F.Cc1nc2ccc(/C(=C/S(C)(=O)=O)c3cccc(F)c3F)cc2n1S(C)(=O)=O. The van der Waals surface area contributed by atoms with Gasteiger partial charge in [-0.25, -0.2) is 60.7 Å². The third-order valence-electron chi connectivity index (χ3n) is 7.99. The van der Waals surface area contributed by atoms with E-state index in [1.54, 1.807) is 19.1 Å². The molecule has 0 radical (unpaired) electrons. The molecule has 0 saturated heterocycles. The Kier molecular flexibility index (Phi) is 11.1. The van der Waals surface area contributed by atoms with Crippen LogP contribution in [0.5, 0.6) is 0 Å². The van der Waals surface area contributed by atoms with Gasteiger partial charge in [0.25, 0.3) is 0 Å². The van der Waals surface area contributed by atoms with Crippen molar-refractivity contribution < 1.29 is 47.6 Å². The number of hydrogen-bond donors (Lipinski definition) is 0. The lowest BCUT2D eigenvalue weighted by molar-refractivity contribution is -0.112. The maximum atomic E-state index is 14.4. The molecule has 288 valence electrons. The van der Waals surface area contributed by atoms with Crippen molar-refractivity contribution in [1.29, 1.82) is 0 Å². The van der Waals surface area contributed by atoms with Gasteiger partial charge in [-0.3, -0.25) is 4.79 Å². The minimum absolute atomic E-state index is 0.0910. The molecular weight excluding hydrogens is 785 g/mol. The number of fused-ring (bicyclic) bond motifs is 2. The number of ketones is 1. The van der Waals surface area contributed by atoms with Crippen LogP contribution in [0.25, 0.3) is 33.2 Å². The Balaban J connectivity index is 0.000000211. The number of rotatable bonds is 8. The Labute approximate surface area is 314 Å². The molecule has 0 unspecified atom stereocenters. The highest BCUT2D eigenvalue weighted by molar-refractivity contribution is 7.93. The Morgan fingerprint density at radius 2 is 1.02 bits per heavy atom. The zero-order valence-corrected chi connectivity index (χ0v) is 32.4. The van der Waals surface area contributed by atoms with Crippen molar-refractivity contribution in [2.45, 2.75) is 20.8 Å². The highest BCUT2D eigenvalue weighted by Crippen LogP contribution is 2.32. The van der Waals surface area contributed by atoms with Crippen LogP contribution in [0.15, 0.2) is 84.3 Å². The van der Waals surface area contributed by atoms with Gasteiger partial charge in [-0.05, 0) is 79.9 Å². The molecule has 55 heavy (non-hydrogen) atoms. The van der Waals surface area contributed by atoms with E-state index in [0.717, 1.165) is 44.3 Å². The summed E-state index contributed by atoms with van der Waals surface area (Å²) in [6.45, 7) is 4.36. The van der Waals surface area contributed by atoms with Crippen LogP contribution < -0.4 is 0 Å². The van der Waals surface area contributed by atoms with E-state index in [1.807, 2.05) is 0 Å². The summed E-state index contributed by atoms with van der Waals surface area (Å²) in [4.78, 5) is 20.1. The maximum Gasteiger partial charge on any atom is 0.237 e. The van der Waals surface area contributed by atoms with Gasteiger partial charge >= 0.3 is 0 Å². The second-order valence-electron chi connectivity index (χ2n) is 12.5. The molecule has 2 heterocycles. The van der Waals surface area contributed by atoms with Crippen LogP contribution in [0.1, 0.15) is 40.8 Å². The molecule has 18 heteroatoms. The molecule has 0 amide bonds. The van der Waals surface area contributed by atoms with Gasteiger partial charge in [-0.2, -0.15) is 0 Å². The van der Waals surface area contributed by atoms with Crippen molar-refractivity contribution in [2.75, 3.05) is 18.8 Å². The molecule has 0 aliphatic carbocycles. The van der Waals surface area contributed by atoms with Gasteiger partial charge in [0.2, 0.25) is 20.0 Å². The Morgan fingerprint density at radius 3 is 1.40 bits per heavy atom. The lowest BCUT2D eigenvalue weighted by atomic mass is 9.96. The number of benzene rings is 4. The number of sulfone groups is 1. The van der Waals surface area contributed by atoms with Crippen LogP contribution in [0, 0.1) is 37.1 Å². The molecule has 0 aliphatic rings. The third kappa shape index (κ3) is 8.76. The highest BCUT2D eigenvalue weighted by Gasteiger charge is 2.21. The fourth-order valence-corrected chi connectivity index (χ4v) is 8.71. The van der Waals surface area contributed by atoms with E-state index in [1.165, 1.54) is 68.5 Å². The van der Waals surface area contributed by atoms with E-state index in [9.17, 15) is 47.6 Å². The standard InChI is InChI=1S/C19H16F2N2O3S.C18H16F2N2O4S2/c1-11(24)9-15(14-5-4-6-16(20)19(14)21)13-7-8-17-18(10-13)23(12(2)22-17)27(3,25)26;1-11-21-16-8-7-12(9-17(16)22(11)28(3,25)26)14(10-27(2,23)24)13-5-4-6-15(19)18(13)20/h4-10H,1-3H3;4-10H,1-3H3/b15-9-;14-10-. The second kappa shape index (κ2) is 15.0. The predicted molar refractivity (Wildman–Crippen MR) is 202 cm³/mol. The number of halogens is 4. The van der Waals surface area contributed by atoms with E-state index >= 15 is 0 Å². The van der Waals surface area contributed by atoms with E-state index in [-0.39, 0.29) is 50.8 Å². The summed E-state index contributed by atoms with van der Waals surface area (Å²) in [7, 11) is -11.0. The van der Waals surface area contributed by atoms with E-state index in [4.69, 9.17) is 0 Å². The molecule has 0 aliphatic heterocycles. The molecule has 0 fully saturated rings. The molecule has 6 aromatic rings. The largest absolute Gasteiger partial charge is 0.295 e. The van der Waals surface area contributed by atoms with Gasteiger partial charge in [-0.1, -0.05) is 36.4 Å². The van der Waals surface area contributed by atoms with Gasteiger partial charge in [0, 0.05) is 28.4 Å². The molecule has 0 bridgehead atoms. The first-order chi connectivity index (χ1) is 25.5. The van der Waals surface area contributed by atoms with Crippen LogP contribution in [0.4, 0.5) is 17.6 Å². The molecule has 11 nitrogen and oxygen atoms in total. The number of carbonyl (C=O) groups excluding carboxylic acids is 1. The molecule has 0 N–H and O–H groups in total. The highest BCUT2D eigenvalue weighted by atomic mass is 32.2. The lowest BCUT2D eigenvalue weighted by Gasteiger charge is -2.11. The molecule has 0 saturated carbocycles. The van der Waals surface area contributed by atoms with Gasteiger partial charge in [-0.15, -0.1) is 0 Å². The predicted octanol–water partition coefficient (Wildman–Crippen LogP) is 6.32. The van der Waals surface area contributed by atoms with Gasteiger partial charge < -0.3 is 0 Å². The molecule has 6 rings (SSSR count). The topological polar surface area (TPSA) is 155 Å². The number of aryl methyl sites for hydroxylation is 2. The van der Waals surface area contributed by atoms with Gasteiger partial charge in [0.1, 0.15) is 11.6 Å². The van der Waals surface area contributed by atoms with Crippen LogP contribution in [0.2, 0.25) is 0 Å². The average molecular weight is 817 g/mol. The smallest absolute Gasteiger partial charge is 0.237 e. The molecular formula is C37H32F4N4O7S3. The number of nitrogens with zero attached hydrogens (tertiary/aromatic N) is 4. The van der Waals surface area contributed by atoms with E-state index in [0.29, 0.717) is 22.1 Å². The fraction of sp³-hybridized carbons (Fsp3) is 0.162. The van der Waals surface area contributed by atoms with Crippen molar-refractivity contribution >= 4 is 68.9 Å². The normalized spacial score (nSPS) is 12.9. The van der Waals surface area contributed by atoms with Crippen molar-refractivity contribution in [2.24, 2.45) is 0 Å².